The number of benzene rings is 2. The van der Waals surface area contributed by atoms with Gasteiger partial charge in [-0.15, -0.1) is 0 Å². The van der Waals surface area contributed by atoms with E-state index in [4.69, 9.17) is 0 Å². The van der Waals surface area contributed by atoms with Gasteiger partial charge in [-0.25, -0.2) is 0 Å². The fourth-order valence-corrected chi connectivity index (χ4v) is 5.64. The van der Waals surface area contributed by atoms with Crippen molar-refractivity contribution in [1.82, 2.24) is 0 Å². The van der Waals surface area contributed by atoms with Crippen molar-refractivity contribution in [3.63, 3.8) is 0 Å². The van der Waals surface area contributed by atoms with Gasteiger partial charge >= 0.3 is 6.18 Å². The molecule has 0 aromatic heterocycles. The standard InChI is InChI=1S/C32H37F3N2O2/c1-20-16-23(8-10-27(20)36-14-12-30(4,5)25(18-36)22(3)38)24-9-11-28(21(2)17-24)37-15-13-31(6,7)26(19-37)29(39)32(33,34)35/h8-11,16-19H,12-15H2,1-7H3. The molecule has 2 heterocycles. The van der Waals surface area contributed by atoms with Gasteiger partial charge in [-0.2, -0.15) is 13.2 Å². The molecule has 0 atom stereocenters. The van der Waals surface area contributed by atoms with E-state index < -0.39 is 17.4 Å². The van der Waals surface area contributed by atoms with E-state index in [0.29, 0.717) is 13.0 Å². The Morgan fingerprint density at radius 2 is 1.15 bits per heavy atom. The number of aryl methyl sites for hydroxylation is 2. The normalized spacial score (nSPS) is 18.9. The minimum absolute atomic E-state index is 0.0940. The number of Topliss-reactive ketones (excluding diaryl/α,β-unsaturated/α-hetero) is 2. The van der Waals surface area contributed by atoms with E-state index >= 15 is 0 Å². The number of allylic oxidation sites excluding steroid dienone is 2. The number of rotatable bonds is 5. The van der Waals surface area contributed by atoms with Crippen LogP contribution in [0, 0.1) is 24.7 Å². The molecule has 7 heteroatoms. The molecule has 4 rings (SSSR count). The Labute approximate surface area is 229 Å². The minimum atomic E-state index is -4.90. The number of alkyl halides is 3. The maximum Gasteiger partial charge on any atom is 0.454 e. The fraction of sp³-hybridized carbons (Fsp3) is 0.438. The van der Waals surface area contributed by atoms with E-state index in [-0.39, 0.29) is 16.8 Å². The number of hydrogen-bond donors (Lipinski definition) is 0. The first-order chi connectivity index (χ1) is 18.0. The molecule has 2 aliphatic rings. The largest absolute Gasteiger partial charge is 0.454 e. The van der Waals surface area contributed by atoms with Gasteiger partial charge in [-0.05, 0) is 91.0 Å². The van der Waals surface area contributed by atoms with Crippen molar-refractivity contribution in [3.8, 4) is 11.1 Å². The van der Waals surface area contributed by atoms with Gasteiger partial charge in [0, 0.05) is 48.0 Å². The number of anilines is 2. The molecule has 2 aliphatic heterocycles. The third kappa shape index (κ3) is 5.68. The summed E-state index contributed by atoms with van der Waals surface area (Å²) >= 11 is 0. The van der Waals surface area contributed by atoms with Crippen molar-refractivity contribution < 1.29 is 22.8 Å². The topological polar surface area (TPSA) is 40.6 Å². The summed E-state index contributed by atoms with van der Waals surface area (Å²) in [6.45, 7) is 14.5. The number of carbonyl (C=O) groups excluding carboxylic acids is 2. The Bertz CT molecular complexity index is 1380. The first-order valence-electron chi connectivity index (χ1n) is 13.3. The lowest BCUT2D eigenvalue weighted by atomic mass is 9.77. The molecule has 0 spiro atoms. The Hall–Kier alpha value is -3.35. The van der Waals surface area contributed by atoms with Crippen LogP contribution in [0.25, 0.3) is 11.1 Å². The first kappa shape index (κ1) is 28.7. The number of halogens is 3. The molecule has 0 radical (unpaired) electrons. The zero-order valence-corrected chi connectivity index (χ0v) is 23.8. The highest BCUT2D eigenvalue weighted by Gasteiger charge is 2.46. The maximum absolute atomic E-state index is 13.3. The number of nitrogens with zero attached hydrogens (tertiary/aromatic N) is 2. The van der Waals surface area contributed by atoms with Crippen molar-refractivity contribution in [2.45, 2.75) is 67.5 Å². The lowest BCUT2D eigenvalue weighted by molar-refractivity contribution is -0.167. The molecule has 0 amide bonds. The molecule has 0 bridgehead atoms. The summed E-state index contributed by atoms with van der Waals surface area (Å²) < 4.78 is 39.8. The van der Waals surface area contributed by atoms with Crippen LogP contribution in [-0.4, -0.2) is 30.8 Å². The molecule has 2 aromatic carbocycles. The predicted octanol–water partition coefficient (Wildman–Crippen LogP) is 7.93. The van der Waals surface area contributed by atoms with E-state index in [1.54, 1.807) is 25.7 Å². The predicted molar refractivity (Wildman–Crippen MR) is 151 cm³/mol. The minimum Gasteiger partial charge on any atom is -0.347 e. The van der Waals surface area contributed by atoms with Crippen LogP contribution in [0.5, 0.6) is 0 Å². The molecule has 0 saturated carbocycles. The second-order valence-corrected chi connectivity index (χ2v) is 12.1. The van der Waals surface area contributed by atoms with Crippen LogP contribution >= 0.6 is 0 Å². The van der Waals surface area contributed by atoms with Gasteiger partial charge in [-0.1, -0.05) is 39.8 Å². The third-order valence-electron chi connectivity index (χ3n) is 8.21. The second-order valence-electron chi connectivity index (χ2n) is 12.1. The average Bonchev–Trinajstić information content (AvgIpc) is 2.83. The fourth-order valence-electron chi connectivity index (χ4n) is 5.64. The van der Waals surface area contributed by atoms with Crippen molar-refractivity contribution in [3.05, 3.63) is 71.1 Å². The van der Waals surface area contributed by atoms with Gasteiger partial charge in [-0.3, -0.25) is 9.59 Å². The quantitative estimate of drug-likeness (QED) is 0.388. The van der Waals surface area contributed by atoms with E-state index in [0.717, 1.165) is 52.2 Å². The summed E-state index contributed by atoms with van der Waals surface area (Å²) in [7, 11) is 0. The van der Waals surface area contributed by atoms with Gasteiger partial charge in [0.2, 0.25) is 0 Å². The van der Waals surface area contributed by atoms with E-state index in [2.05, 4.69) is 43.9 Å². The monoisotopic (exact) mass is 538 g/mol. The van der Waals surface area contributed by atoms with Crippen LogP contribution in [0.3, 0.4) is 0 Å². The van der Waals surface area contributed by atoms with Crippen LogP contribution in [-0.2, 0) is 9.59 Å². The van der Waals surface area contributed by atoms with Crippen molar-refractivity contribution in [2.75, 3.05) is 22.9 Å². The zero-order chi connectivity index (χ0) is 28.9. The lowest BCUT2D eigenvalue weighted by Crippen LogP contribution is -2.39. The number of carbonyl (C=O) groups is 2. The first-order valence-corrected chi connectivity index (χ1v) is 13.3. The van der Waals surface area contributed by atoms with Gasteiger partial charge in [0.25, 0.3) is 5.78 Å². The van der Waals surface area contributed by atoms with Crippen LogP contribution in [0.1, 0.15) is 58.6 Å². The maximum atomic E-state index is 13.3. The smallest absolute Gasteiger partial charge is 0.347 e. The summed E-state index contributed by atoms with van der Waals surface area (Å²) in [6.07, 6.45) is -0.210. The molecule has 0 aliphatic carbocycles. The molecular weight excluding hydrogens is 501 g/mol. The Morgan fingerprint density at radius 1 is 0.744 bits per heavy atom. The summed E-state index contributed by atoms with van der Waals surface area (Å²) in [4.78, 5) is 28.3. The van der Waals surface area contributed by atoms with Crippen LogP contribution in [0.2, 0.25) is 0 Å². The molecule has 0 N–H and O–H groups in total. The Kier molecular flexibility index (Phi) is 7.34. The molecule has 0 fully saturated rings. The van der Waals surface area contributed by atoms with Crippen molar-refractivity contribution in [1.29, 1.82) is 0 Å². The van der Waals surface area contributed by atoms with Gasteiger partial charge in [0.15, 0.2) is 5.78 Å². The molecule has 0 unspecified atom stereocenters. The highest BCUT2D eigenvalue weighted by molar-refractivity contribution is 6.01. The zero-order valence-electron chi connectivity index (χ0n) is 23.8. The second kappa shape index (κ2) is 10.00. The molecule has 0 saturated heterocycles. The van der Waals surface area contributed by atoms with Gasteiger partial charge < -0.3 is 9.80 Å². The van der Waals surface area contributed by atoms with Crippen LogP contribution < -0.4 is 9.80 Å². The van der Waals surface area contributed by atoms with Gasteiger partial charge in [0.1, 0.15) is 0 Å². The Balaban J connectivity index is 1.62. The molecule has 208 valence electrons. The summed E-state index contributed by atoms with van der Waals surface area (Å²) in [6, 6.07) is 12.2. The summed E-state index contributed by atoms with van der Waals surface area (Å²) in [5.41, 5.74) is 5.51. The van der Waals surface area contributed by atoms with Crippen LogP contribution in [0.15, 0.2) is 59.9 Å². The molecule has 4 nitrogen and oxygen atoms in total. The Morgan fingerprint density at radius 3 is 1.54 bits per heavy atom. The number of hydrogen-bond acceptors (Lipinski definition) is 4. The molecule has 2 aromatic rings. The average molecular weight is 539 g/mol. The highest BCUT2D eigenvalue weighted by Crippen LogP contribution is 2.41. The van der Waals surface area contributed by atoms with Gasteiger partial charge in [0.05, 0.1) is 0 Å². The summed E-state index contributed by atoms with van der Waals surface area (Å²) in [5.74, 6) is -1.68. The van der Waals surface area contributed by atoms with E-state index in [1.165, 1.54) is 6.20 Å². The third-order valence-corrected chi connectivity index (χ3v) is 8.21. The van der Waals surface area contributed by atoms with Crippen molar-refractivity contribution >= 4 is 22.9 Å². The lowest BCUT2D eigenvalue weighted by Gasteiger charge is -2.37. The molecular formula is C32H37F3N2O2. The van der Waals surface area contributed by atoms with Crippen molar-refractivity contribution in [2.24, 2.45) is 10.8 Å². The number of ketones is 2. The highest BCUT2D eigenvalue weighted by atomic mass is 19.4. The van der Waals surface area contributed by atoms with Crippen LogP contribution in [0.4, 0.5) is 24.5 Å². The molecule has 39 heavy (non-hydrogen) atoms. The summed E-state index contributed by atoms with van der Waals surface area (Å²) in [5, 5.41) is 0. The van der Waals surface area contributed by atoms with E-state index in [1.807, 2.05) is 31.3 Å². The van der Waals surface area contributed by atoms with E-state index in [9.17, 15) is 22.8 Å². The SMILES string of the molecule is CC(=O)C1=CN(c2ccc(-c3ccc(N4C=C(C(=O)C(F)(F)F)C(C)(C)CC4)c(C)c3)cc2C)CCC1(C)C.